The lowest BCUT2D eigenvalue weighted by molar-refractivity contribution is 0.454. The molecule has 0 bridgehead atoms. The lowest BCUT2D eigenvalue weighted by Crippen LogP contribution is -2.21. The van der Waals surface area contributed by atoms with Crippen molar-refractivity contribution < 1.29 is 4.42 Å². The Balaban J connectivity index is 2.75. The smallest absolute Gasteiger partial charge is 0.414 e. The van der Waals surface area contributed by atoms with E-state index in [9.17, 15) is 9.59 Å². The zero-order valence-electron chi connectivity index (χ0n) is 8.11. The van der Waals surface area contributed by atoms with E-state index >= 15 is 0 Å². The van der Waals surface area contributed by atoms with Crippen molar-refractivity contribution in [2.75, 3.05) is 0 Å². The Bertz CT molecular complexity index is 581. The molecule has 0 unspecified atom stereocenters. The van der Waals surface area contributed by atoms with Crippen LogP contribution in [-0.4, -0.2) is 4.98 Å². The van der Waals surface area contributed by atoms with Crippen LogP contribution < -0.4 is 11.3 Å². The molecule has 0 fully saturated rings. The molecule has 2 aromatic rings. The molecule has 0 amide bonds. The first-order valence-corrected chi connectivity index (χ1v) is 4.48. The maximum Gasteiger partial charge on any atom is 0.419 e. The second-order valence-electron chi connectivity index (χ2n) is 3.14. The summed E-state index contributed by atoms with van der Waals surface area (Å²) in [6, 6.07) is 9.07. The second kappa shape index (κ2) is 3.57. The largest absolute Gasteiger partial charge is 0.419 e. The van der Waals surface area contributed by atoms with Gasteiger partial charge in [-0.3, -0.25) is 9.78 Å². The molecule has 1 aromatic carbocycles. The van der Waals surface area contributed by atoms with Gasteiger partial charge in [0.2, 0.25) is 0 Å². The van der Waals surface area contributed by atoms with Crippen molar-refractivity contribution in [2.45, 2.75) is 6.92 Å². The van der Waals surface area contributed by atoms with Gasteiger partial charge in [0.05, 0.1) is 5.56 Å². The number of hydrogen-bond acceptors (Lipinski definition) is 3. The first-order chi connectivity index (χ1) is 7.18. The van der Waals surface area contributed by atoms with Crippen molar-refractivity contribution in [1.29, 1.82) is 0 Å². The number of benzene rings is 1. The molecule has 2 rings (SSSR count). The number of H-pyrrole nitrogens is 1. The summed E-state index contributed by atoms with van der Waals surface area (Å²) in [6.45, 7) is 1.60. The average Bonchev–Trinajstić information content (AvgIpc) is 2.17. The summed E-state index contributed by atoms with van der Waals surface area (Å²) in [7, 11) is 0. The van der Waals surface area contributed by atoms with Gasteiger partial charge in [-0.2, -0.15) is 0 Å². The van der Waals surface area contributed by atoms with Crippen molar-refractivity contribution in [2.24, 2.45) is 0 Å². The molecule has 15 heavy (non-hydrogen) atoms. The van der Waals surface area contributed by atoms with Crippen LogP contribution in [0.4, 0.5) is 0 Å². The first kappa shape index (κ1) is 9.45. The van der Waals surface area contributed by atoms with Gasteiger partial charge < -0.3 is 4.42 Å². The normalized spacial score (nSPS) is 10.2. The number of aromatic nitrogens is 1. The van der Waals surface area contributed by atoms with Gasteiger partial charge in [-0.05, 0) is 12.5 Å². The minimum atomic E-state index is -0.725. The molecule has 0 atom stereocenters. The lowest BCUT2D eigenvalue weighted by atomic mass is 10.1. The predicted molar refractivity (Wildman–Crippen MR) is 55.8 cm³/mol. The Morgan fingerprint density at radius 1 is 1.13 bits per heavy atom. The summed E-state index contributed by atoms with van der Waals surface area (Å²) in [5.74, 6) is -0.396. The lowest BCUT2D eigenvalue weighted by Gasteiger charge is -2.01. The Kier molecular flexibility index (Phi) is 2.25. The van der Waals surface area contributed by atoms with Gasteiger partial charge >= 0.3 is 5.76 Å². The van der Waals surface area contributed by atoms with E-state index in [1.165, 1.54) is 0 Å². The zero-order valence-corrected chi connectivity index (χ0v) is 8.11. The van der Waals surface area contributed by atoms with E-state index in [4.69, 9.17) is 4.42 Å². The van der Waals surface area contributed by atoms with Gasteiger partial charge in [-0.25, -0.2) is 4.79 Å². The molecule has 0 aliphatic carbocycles. The minimum absolute atomic E-state index is 0.329. The molecule has 0 aliphatic heterocycles. The fourth-order valence-electron chi connectivity index (χ4n) is 1.47. The average molecular weight is 203 g/mol. The van der Waals surface area contributed by atoms with Crippen LogP contribution in [0.2, 0.25) is 0 Å². The zero-order chi connectivity index (χ0) is 10.8. The summed E-state index contributed by atoms with van der Waals surface area (Å²) in [5, 5.41) is 0. The molecule has 76 valence electrons. The van der Waals surface area contributed by atoms with Crippen molar-refractivity contribution in [3.63, 3.8) is 0 Å². The Morgan fingerprint density at radius 3 is 2.40 bits per heavy atom. The molecule has 0 saturated carbocycles. The molecule has 1 N–H and O–H groups in total. The molecular weight excluding hydrogens is 194 g/mol. The van der Waals surface area contributed by atoms with Crippen molar-refractivity contribution >= 4 is 0 Å². The number of rotatable bonds is 1. The Labute approximate surface area is 85.2 Å². The van der Waals surface area contributed by atoms with Crippen molar-refractivity contribution in [3.05, 3.63) is 57.0 Å². The molecular formula is C11H9NO3. The van der Waals surface area contributed by atoms with Gasteiger partial charge in [0.15, 0.2) is 0 Å². The van der Waals surface area contributed by atoms with Crippen LogP contribution >= 0.6 is 0 Å². The molecule has 0 saturated heterocycles. The first-order valence-electron chi connectivity index (χ1n) is 4.48. The third-order valence-electron chi connectivity index (χ3n) is 2.10. The topological polar surface area (TPSA) is 63.1 Å². The molecule has 4 nitrogen and oxygen atoms in total. The summed E-state index contributed by atoms with van der Waals surface area (Å²) in [6.07, 6.45) is 0. The van der Waals surface area contributed by atoms with E-state index in [0.29, 0.717) is 11.3 Å². The van der Waals surface area contributed by atoms with Crippen molar-refractivity contribution in [3.8, 4) is 11.1 Å². The van der Waals surface area contributed by atoms with E-state index in [2.05, 4.69) is 4.98 Å². The van der Waals surface area contributed by atoms with Crippen LogP contribution in [0, 0.1) is 6.92 Å². The Hall–Kier alpha value is -2.10. The third-order valence-corrected chi connectivity index (χ3v) is 2.10. The van der Waals surface area contributed by atoms with Gasteiger partial charge in [0.25, 0.3) is 5.56 Å². The van der Waals surface area contributed by atoms with E-state index < -0.39 is 11.3 Å². The van der Waals surface area contributed by atoms with Crippen LogP contribution in [0.15, 0.2) is 44.3 Å². The molecule has 1 aromatic heterocycles. The van der Waals surface area contributed by atoms with Crippen molar-refractivity contribution in [1.82, 2.24) is 4.98 Å². The highest BCUT2D eigenvalue weighted by Crippen LogP contribution is 2.16. The fraction of sp³-hybridized carbons (Fsp3) is 0.0909. The quantitative estimate of drug-likeness (QED) is 0.759. The van der Waals surface area contributed by atoms with Crippen LogP contribution in [0.3, 0.4) is 0 Å². The maximum absolute atomic E-state index is 11.5. The van der Waals surface area contributed by atoms with Gasteiger partial charge in [-0.15, -0.1) is 0 Å². The van der Waals surface area contributed by atoms with Gasteiger partial charge in [-0.1, -0.05) is 30.3 Å². The molecule has 0 spiro atoms. The van der Waals surface area contributed by atoms with Gasteiger partial charge in [0, 0.05) is 0 Å². The molecule has 1 heterocycles. The van der Waals surface area contributed by atoms with Crippen LogP contribution in [-0.2, 0) is 0 Å². The number of nitrogens with one attached hydrogen (secondary N) is 1. The Morgan fingerprint density at radius 2 is 1.80 bits per heavy atom. The maximum atomic E-state index is 11.5. The summed E-state index contributed by atoms with van der Waals surface area (Å²) in [5.41, 5.74) is 0.713. The fourth-order valence-corrected chi connectivity index (χ4v) is 1.47. The molecule has 4 heteroatoms. The number of aryl methyl sites for hydroxylation is 1. The van der Waals surface area contributed by atoms with Crippen LogP contribution in [0.25, 0.3) is 11.1 Å². The van der Waals surface area contributed by atoms with Crippen LogP contribution in [0.5, 0.6) is 0 Å². The van der Waals surface area contributed by atoms with E-state index in [1.54, 1.807) is 19.1 Å². The van der Waals surface area contributed by atoms with Crippen LogP contribution in [0.1, 0.15) is 5.76 Å². The predicted octanol–water partition coefficient (Wildman–Crippen LogP) is 1.30. The SMILES string of the molecule is Cc1oc(=O)[nH]c(=O)c1-c1ccccc1. The highest BCUT2D eigenvalue weighted by Gasteiger charge is 2.09. The summed E-state index contributed by atoms with van der Waals surface area (Å²) >= 11 is 0. The molecule has 0 aliphatic rings. The van der Waals surface area contributed by atoms with E-state index in [0.717, 1.165) is 5.56 Å². The summed E-state index contributed by atoms with van der Waals surface area (Å²) < 4.78 is 4.83. The summed E-state index contributed by atoms with van der Waals surface area (Å²) in [4.78, 5) is 24.5. The third kappa shape index (κ3) is 1.74. The van der Waals surface area contributed by atoms with Gasteiger partial charge in [0.1, 0.15) is 5.76 Å². The molecule has 0 radical (unpaired) electrons. The number of aromatic amines is 1. The van der Waals surface area contributed by atoms with E-state index in [1.807, 2.05) is 18.2 Å². The minimum Gasteiger partial charge on any atom is -0.414 e. The highest BCUT2D eigenvalue weighted by molar-refractivity contribution is 5.63. The standard InChI is InChI=1S/C11H9NO3/c1-7-9(8-5-3-2-4-6-8)10(13)12-11(14)15-7/h2-6H,1H3,(H,12,13,14). The second-order valence-corrected chi connectivity index (χ2v) is 3.14. The number of hydrogen-bond donors (Lipinski definition) is 1. The monoisotopic (exact) mass is 203 g/mol. The van der Waals surface area contributed by atoms with E-state index in [-0.39, 0.29) is 0 Å². The highest BCUT2D eigenvalue weighted by atomic mass is 16.4.